The van der Waals surface area contributed by atoms with Gasteiger partial charge in [-0.05, 0) is 25.7 Å². The van der Waals surface area contributed by atoms with E-state index in [2.05, 4.69) is 19.9 Å². The topological polar surface area (TPSA) is 0 Å². The fourth-order valence-electron chi connectivity index (χ4n) is 0.573. The number of rotatable bonds is 4. The molecular weight excluding hydrogens is 108 g/mol. The summed E-state index contributed by atoms with van der Waals surface area (Å²) in [6, 6.07) is 0. The van der Waals surface area contributed by atoms with Crippen LogP contribution in [0, 0.1) is 19.4 Å². The summed E-state index contributed by atoms with van der Waals surface area (Å²) in [6.07, 6.45) is 7.82. The minimum absolute atomic E-state index is 0.529. The molecule has 1 unspecified atom stereocenters. The molecule has 2 radical (unpaired) electrons. The molecule has 0 aromatic heterocycles. The molecule has 0 rings (SSSR count). The SMILES string of the molecule is [CH]=CC(C)CCC=C[CH2]. The second kappa shape index (κ2) is 5.61. The van der Waals surface area contributed by atoms with Crippen molar-refractivity contribution < 1.29 is 0 Å². The summed E-state index contributed by atoms with van der Waals surface area (Å²) in [5.74, 6) is 0.529. The van der Waals surface area contributed by atoms with Crippen LogP contribution in [0.25, 0.3) is 0 Å². The average molecular weight is 122 g/mol. The zero-order valence-corrected chi connectivity index (χ0v) is 6.01. The largest absolute Gasteiger partial charge is 0.0885 e. The van der Waals surface area contributed by atoms with Gasteiger partial charge in [0.2, 0.25) is 0 Å². The molecule has 0 heteroatoms. The van der Waals surface area contributed by atoms with Crippen LogP contribution < -0.4 is 0 Å². The van der Waals surface area contributed by atoms with Crippen LogP contribution in [-0.2, 0) is 0 Å². The Kier molecular flexibility index (Phi) is 5.29. The second-order valence-electron chi connectivity index (χ2n) is 2.22. The maximum atomic E-state index is 5.29. The van der Waals surface area contributed by atoms with Crippen molar-refractivity contribution in [1.82, 2.24) is 0 Å². The van der Waals surface area contributed by atoms with E-state index in [0.29, 0.717) is 5.92 Å². The molecule has 0 aliphatic heterocycles. The highest BCUT2D eigenvalue weighted by Crippen LogP contribution is 2.05. The van der Waals surface area contributed by atoms with Gasteiger partial charge in [-0.1, -0.05) is 31.7 Å². The van der Waals surface area contributed by atoms with Gasteiger partial charge in [-0.2, -0.15) is 0 Å². The van der Waals surface area contributed by atoms with Crippen molar-refractivity contribution in [3.05, 3.63) is 31.7 Å². The third-order valence-electron chi connectivity index (χ3n) is 1.28. The molecule has 0 saturated carbocycles. The van der Waals surface area contributed by atoms with Crippen LogP contribution in [0.5, 0.6) is 0 Å². The van der Waals surface area contributed by atoms with E-state index in [4.69, 9.17) is 6.58 Å². The van der Waals surface area contributed by atoms with E-state index in [1.807, 2.05) is 6.08 Å². The Morgan fingerprint density at radius 1 is 1.67 bits per heavy atom. The lowest BCUT2D eigenvalue weighted by Gasteiger charge is -1.99. The molecule has 0 fully saturated rings. The molecule has 0 aromatic rings. The summed E-state index contributed by atoms with van der Waals surface area (Å²) in [4.78, 5) is 0. The zero-order valence-electron chi connectivity index (χ0n) is 6.01. The molecule has 50 valence electrons. The molecule has 0 heterocycles. The highest BCUT2D eigenvalue weighted by molar-refractivity contribution is 4.85. The molecule has 0 amide bonds. The summed E-state index contributed by atoms with van der Waals surface area (Å²) in [6.45, 7) is 11.0. The van der Waals surface area contributed by atoms with Gasteiger partial charge < -0.3 is 0 Å². The van der Waals surface area contributed by atoms with E-state index in [1.54, 1.807) is 6.08 Å². The van der Waals surface area contributed by atoms with Gasteiger partial charge in [0, 0.05) is 0 Å². The number of hydrogen-bond acceptors (Lipinski definition) is 0. The first-order valence-electron chi connectivity index (χ1n) is 3.30. The lowest BCUT2D eigenvalue weighted by atomic mass is 10.1. The van der Waals surface area contributed by atoms with Crippen LogP contribution >= 0.6 is 0 Å². The summed E-state index contributed by atoms with van der Waals surface area (Å²) >= 11 is 0. The fourth-order valence-corrected chi connectivity index (χ4v) is 0.573. The monoisotopic (exact) mass is 122 g/mol. The van der Waals surface area contributed by atoms with Gasteiger partial charge in [0.1, 0.15) is 0 Å². The minimum atomic E-state index is 0.529. The van der Waals surface area contributed by atoms with Crippen molar-refractivity contribution in [2.75, 3.05) is 0 Å². The summed E-state index contributed by atoms with van der Waals surface area (Å²) < 4.78 is 0. The lowest BCUT2D eigenvalue weighted by Crippen LogP contribution is -1.85. The third kappa shape index (κ3) is 5.35. The van der Waals surface area contributed by atoms with Gasteiger partial charge >= 0.3 is 0 Å². The smallest absolute Gasteiger partial charge is 0.0256 e. The highest BCUT2D eigenvalue weighted by Gasteiger charge is 1.90. The van der Waals surface area contributed by atoms with E-state index in [-0.39, 0.29) is 0 Å². The minimum Gasteiger partial charge on any atom is -0.0885 e. The first-order valence-corrected chi connectivity index (χ1v) is 3.30. The average Bonchev–Trinajstić information content (AvgIpc) is 1.89. The number of hydrogen-bond donors (Lipinski definition) is 0. The number of allylic oxidation sites excluding steroid dienone is 3. The molecule has 0 aromatic carbocycles. The predicted octanol–water partition coefficient (Wildman–Crippen LogP) is 2.78. The Bertz CT molecular complexity index is 90.2. The molecule has 1 atom stereocenters. The molecule has 0 bridgehead atoms. The van der Waals surface area contributed by atoms with Crippen LogP contribution in [0.3, 0.4) is 0 Å². The molecule has 0 nitrogen and oxygen atoms in total. The highest BCUT2D eigenvalue weighted by atomic mass is 14.0. The maximum absolute atomic E-state index is 5.29. The fraction of sp³-hybridized carbons (Fsp3) is 0.444. The Labute approximate surface area is 58.3 Å². The molecule has 0 aliphatic carbocycles. The van der Waals surface area contributed by atoms with Crippen molar-refractivity contribution in [1.29, 1.82) is 0 Å². The van der Waals surface area contributed by atoms with Crippen LogP contribution in [0.15, 0.2) is 18.2 Å². The molecule has 0 saturated heterocycles. The van der Waals surface area contributed by atoms with Crippen LogP contribution in [0.2, 0.25) is 0 Å². The Morgan fingerprint density at radius 2 is 2.33 bits per heavy atom. The van der Waals surface area contributed by atoms with Crippen LogP contribution in [0.1, 0.15) is 19.8 Å². The summed E-state index contributed by atoms with van der Waals surface area (Å²) in [5, 5.41) is 0. The van der Waals surface area contributed by atoms with Gasteiger partial charge in [-0.15, -0.1) is 0 Å². The summed E-state index contributed by atoms with van der Waals surface area (Å²) in [5.41, 5.74) is 0. The normalized spacial score (nSPS) is 14.0. The summed E-state index contributed by atoms with van der Waals surface area (Å²) in [7, 11) is 0. The van der Waals surface area contributed by atoms with Crippen LogP contribution in [0.4, 0.5) is 0 Å². The first-order chi connectivity index (χ1) is 4.31. The quantitative estimate of drug-likeness (QED) is 0.538. The molecule has 9 heavy (non-hydrogen) atoms. The molecule has 0 spiro atoms. The Hall–Kier alpha value is -0.520. The van der Waals surface area contributed by atoms with Crippen molar-refractivity contribution in [2.45, 2.75) is 19.8 Å². The second-order valence-corrected chi connectivity index (χ2v) is 2.22. The third-order valence-corrected chi connectivity index (χ3v) is 1.28. The van der Waals surface area contributed by atoms with E-state index < -0.39 is 0 Å². The Balaban J connectivity index is 3.16. The zero-order chi connectivity index (χ0) is 7.11. The Morgan fingerprint density at radius 3 is 2.78 bits per heavy atom. The van der Waals surface area contributed by atoms with Gasteiger partial charge in [0.15, 0.2) is 0 Å². The van der Waals surface area contributed by atoms with E-state index in [9.17, 15) is 0 Å². The van der Waals surface area contributed by atoms with Gasteiger partial charge in [-0.25, -0.2) is 0 Å². The molecular formula is C9H14. The molecule has 0 N–H and O–H groups in total. The predicted molar refractivity (Wildman–Crippen MR) is 41.8 cm³/mol. The van der Waals surface area contributed by atoms with Crippen molar-refractivity contribution in [3.63, 3.8) is 0 Å². The van der Waals surface area contributed by atoms with E-state index >= 15 is 0 Å². The maximum Gasteiger partial charge on any atom is -0.0256 e. The van der Waals surface area contributed by atoms with E-state index in [1.165, 1.54) is 0 Å². The van der Waals surface area contributed by atoms with Crippen LogP contribution in [-0.4, -0.2) is 0 Å². The first kappa shape index (κ1) is 8.48. The van der Waals surface area contributed by atoms with E-state index in [0.717, 1.165) is 12.8 Å². The standard InChI is InChI=1S/C9H14/c1-4-6-7-8-9(3)5-2/h2,4-6,9H,1,7-8H2,3H3. The van der Waals surface area contributed by atoms with Crippen molar-refractivity contribution >= 4 is 0 Å². The van der Waals surface area contributed by atoms with Crippen molar-refractivity contribution in [3.8, 4) is 0 Å². The van der Waals surface area contributed by atoms with Gasteiger partial charge in [0.25, 0.3) is 0 Å². The van der Waals surface area contributed by atoms with Gasteiger partial charge in [-0.3, -0.25) is 0 Å². The molecule has 0 aliphatic rings. The lowest BCUT2D eigenvalue weighted by molar-refractivity contribution is 0.658. The van der Waals surface area contributed by atoms with Gasteiger partial charge in [0.05, 0.1) is 0 Å². The van der Waals surface area contributed by atoms with Crippen molar-refractivity contribution in [2.24, 2.45) is 5.92 Å².